The fourth-order valence-corrected chi connectivity index (χ4v) is 7.03. The van der Waals surface area contributed by atoms with Crippen LogP contribution in [0.1, 0.15) is 45.4 Å². The van der Waals surface area contributed by atoms with Gasteiger partial charge in [0.2, 0.25) is 10.0 Å². The largest absolute Gasteiger partial charge is 0.385 e. The Hall–Kier alpha value is -1.43. The lowest BCUT2D eigenvalue weighted by molar-refractivity contribution is -0.121. The highest BCUT2D eigenvalue weighted by molar-refractivity contribution is 7.90. The highest BCUT2D eigenvalue weighted by Gasteiger charge is 2.46. The van der Waals surface area contributed by atoms with Crippen molar-refractivity contribution >= 4 is 16.3 Å². The third-order valence-corrected chi connectivity index (χ3v) is 8.47. The molecule has 1 heterocycles. The third kappa shape index (κ3) is 3.91. The van der Waals surface area contributed by atoms with Gasteiger partial charge in [0.15, 0.2) is 0 Å². The summed E-state index contributed by atoms with van der Waals surface area (Å²) in [5.74, 6) is 0.390. The monoisotopic (exact) mass is 395 g/mol. The summed E-state index contributed by atoms with van der Waals surface area (Å²) in [6.45, 7) is 2.37. The van der Waals surface area contributed by atoms with E-state index in [0.29, 0.717) is 37.2 Å². The molecule has 6 unspecified atom stereocenters. The molecule has 0 amide bonds. The van der Waals surface area contributed by atoms with E-state index in [1.165, 1.54) is 7.11 Å². The molecule has 6 atom stereocenters. The van der Waals surface area contributed by atoms with Crippen molar-refractivity contribution in [2.24, 2.45) is 17.3 Å². The standard InChI is InChI=1S/C19H29N3O4S/c1-13-5-6-16(18-17(13)14(9-20)10-21-18)22-27(24,25)15-4-3-7-19(8-15,11-23)12-26-2/h10-11,13,15-18,21-22H,3-8,12H2,1-2H3. The molecule has 0 radical (unpaired) electrons. The molecule has 0 aromatic heterocycles. The molecule has 0 aromatic rings. The zero-order valence-electron chi connectivity index (χ0n) is 16.0. The first kappa shape index (κ1) is 20.3. The number of hydrogen-bond acceptors (Lipinski definition) is 6. The van der Waals surface area contributed by atoms with Crippen LogP contribution in [0.15, 0.2) is 11.8 Å². The summed E-state index contributed by atoms with van der Waals surface area (Å²) >= 11 is 0. The predicted molar refractivity (Wildman–Crippen MR) is 101 cm³/mol. The second-order valence-corrected chi connectivity index (χ2v) is 10.4. The maximum absolute atomic E-state index is 13.1. The molecule has 3 rings (SSSR count). The van der Waals surface area contributed by atoms with Crippen molar-refractivity contribution in [3.05, 3.63) is 11.8 Å². The summed E-state index contributed by atoms with van der Waals surface area (Å²) < 4.78 is 34.3. The van der Waals surface area contributed by atoms with Gasteiger partial charge in [-0.05, 0) is 38.0 Å². The van der Waals surface area contributed by atoms with E-state index in [1.54, 1.807) is 6.20 Å². The van der Waals surface area contributed by atoms with Crippen LogP contribution < -0.4 is 10.0 Å². The Morgan fingerprint density at radius 3 is 2.89 bits per heavy atom. The molecule has 2 saturated carbocycles. The molecule has 7 nitrogen and oxygen atoms in total. The number of aldehydes is 1. The van der Waals surface area contributed by atoms with Crippen molar-refractivity contribution < 1.29 is 17.9 Å². The first-order chi connectivity index (χ1) is 12.9. The van der Waals surface area contributed by atoms with Gasteiger partial charge in [0.1, 0.15) is 6.29 Å². The smallest absolute Gasteiger partial charge is 0.214 e. The number of nitriles is 1. The number of fused-ring (bicyclic) bond motifs is 1. The van der Waals surface area contributed by atoms with Crippen LogP contribution in [0.25, 0.3) is 0 Å². The summed E-state index contributed by atoms with van der Waals surface area (Å²) in [6.07, 6.45) is 6.44. The number of nitrogens with zero attached hydrogens (tertiary/aromatic N) is 1. The molecular weight excluding hydrogens is 366 g/mol. The molecule has 2 aliphatic carbocycles. The van der Waals surface area contributed by atoms with Gasteiger partial charge in [0.05, 0.1) is 28.9 Å². The number of nitrogens with one attached hydrogen (secondary N) is 2. The highest BCUT2D eigenvalue weighted by Crippen LogP contribution is 2.40. The van der Waals surface area contributed by atoms with E-state index < -0.39 is 20.7 Å². The number of carbonyl (C=O) groups excluding carboxylic acids is 1. The second-order valence-electron chi connectivity index (χ2n) is 8.39. The van der Waals surface area contributed by atoms with Gasteiger partial charge >= 0.3 is 0 Å². The van der Waals surface area contributed by atoms with Crippen LogP contribution >= 0.6 is 0 Å². The van der Waals surface area contributed by atoms with Gasteiger partial charge in [-0.15, -0.1) is 0 Å². The number of sulfonamides is 1. The maximum Gasteiger partial charge on any atom is 0.214 e. The molecule has 8 heteroatoms. The fraction of sp³-hybridized carbons (Fsp3) is 0.789. The Bertz CT molecular complexity index is 741. The van der Waals surface area contributed by atoms with Crippen molar-refractivity contribution in [1.29, 1.82) is 5.26 Å². The molecule has 150 valence electrons. The quantitative estimate of drug-likeness (QED) is 0.660. The van der Waals surface area contributed by atoms with Gasteiger partial charge in [-0.3, -0.25) is 0 Å². The topological polar surface area (TPSA) is 108 Å². The van der Waals surface area contributed by atoms with E-state index in [0.717, 1.165) is 19.1 Å². The molecule has 2 N–H and O–H groups in total. The van der Waals surface area contributed by atoms with Gasteiger partial charge < -0.3 is 14.8 Å². The van der Waals surface area contributed by atoms with Gasteiger partial charge in [-0.25, -0.2) is 13.1 Å². The van der Waals surface area contributed by atoms with E-state index in [-0.39, 0.29) is 24.6 Å². The lowest BCUT2D eigenvalue weighted by Crippen LogP contribution is -2.56. The van der Waals surface area contributed by atoms with Crippen LogP contribution in [-0.4, -0.2) is 45.8 Å². The normalized spacial score (nSPS) is 39.0. The van der Waals surface area contributed by atoms with Gasteiger partial charge in [-0.2, -0.15) is 5.26 Å². The second kappa shape index (κ2) is 7.90. The summed E-state index contributed by atoms with van der Waals surface area (Å²) in [6, 6.07) is 1.91. The van der Waals surface area contributed by atoms with E-state index in [2.05, 4.69) is 23.0 Å². The third-order valence-electron chi connectivity index (χ3n) is 6.56. The number of rotatable bonds is 6. The summed E-state index contributed by atoms with van der Waals surface area (Å²) in [7, 11) is -2.04. The summed E-state index contributed by atoms with van der Waals surface area (Å²) in [4.78, 5) is 11.6. The molecular formula is C19H29N3O4S. The van der Waals surface area contributed by atoms with Gasteiger partial charge in [0, 0.05) is 31.3 Å². The van der Waals surface area contributed by atoms with Crippen molar-refractivity contribution in [1.82, 2.24) is 10.0 Å². The van der Waals surface area contributed by atoms with Crippen molar-refractivity contribution in [2.45, 2.75) is 62.8 Å². The first-order valence-corrected chi connectivity index (χ1v) is 11.2. The summed E-state index contributed by atoms with van der Waals surface area (Å²) in [5.41, 5.74) is -0.00824. The number of carbonyl (C=O) groups is 1. The van der Waals surface area contributed by atoms with Crippen LogP contribution in [0.2, 0.25) is 0 Å². The van der Waals surface area contributed by atoms with E-state index >= 15 is 0 Å². The predicted octanol–water partition coefficient (Wildman–Crippen LogP) is 1.47. The van der Waals surface area contributed by atoms with Gasteiger partial charge in [0.25, 0.3) is 0 Å². The minimum atomic E-state index is -3.57. The fourth-order valence-electron chi connectivity index (χ4n) is 5.12. The number of hydrogen-bond donors (Lipinski definition) is 2. The first-order valence-electron chi connectivity index (χ1n) is 9.68. The Kier molecular flexibility index (Phi) is 5.94. The molecule has 2 fully saturated rings. The average molecular weight is 396 g/mol. The minimum Gasteiger partial charge on any atom is -0.385 e. The van der Waals surface area contributed by atoms with E-state index in [9.17, 15) is 18.5 Å². The molecule has 0 bridgehead atoms. The van der Waals surface area contributed by atoms with E-state index in [1.807, 2.05) is 0 Å². The van der Waals surface area contributed by atoms with Gasteiger partial charge in [-0.1, -0.05) is 13.3 Å². The minimum absolute atomic E-state index is 0.0466. The van der Waals surface area contributed by atoms with Crippen LogP contribution in [0.5, 0.6) is 0 Å². The average Bonchev–Trinajstić information content (AvgIpc) is 3.10. The lowest BCUT2D eigenvalue weighted by Gasteiger charge is -2.40. The molecule has 3 aliphatic rings. The zero-order chi connectivity index (χ0) is 19.7. The number of methoxy groups -OCH3 is 1. The van der Waals surface area contributed by atoms with E-state index in [4.69, 9.17) is 4.74 Å². The molecule has 1 aliphatic heterocycles. The zero-order valence-corrected chi connectivity index (χ0v) is 16.8. The van der Waals surface area contributed by atoms with Crippen LogP contribution in [0.3, 0.4) is 0 Å². The molecule has 27 heavy (non-hydrogen) atoms. The maximum atomic E-state index is 13.1. The van der Waals surface area contributed by atoms with Crippen LogP contribution in [-0.2, 0) is 19.6 Å². The lowest BCUT2D eigenvalue weighted by atomic mass is 9.73. The molecule has 0 spiro atoms. The number of ether oxygens (including phenoxy) is 1. The Labute approximate surface area is 161 Å². The van der Waals surface area contributed by atoms with Crippen molar-refractivity contribution in [2.75, 3.05) is 13.7 Å². The van der Waals surface area contributed by atoms with Crippen molar-refractivity contribution in [3.63, 3.8) is 0 Å². The highest BCUT2D eigenvalue weighted by atomic mass is 32.2. The molecule has 0 saturated heterocycles. The SMILES string of the molecule is COCC1(C=O)CCCC(S(=O)(=O)NC2CCC(C)C3C(C#N)=CNC23)C1. The van der Waals surface area contributed by atoms with Crippen LogP contribution in [0.4, 0.5) is 0 Å². The Balaban J connectivity index is 1.73. The van der Waals surface area contributed by atoms with Crippen molar-refractivity contribution in [3.8, 4) is 6.07 Å². The molecule has 0 aromatic carbocycles. The van der Waals surface area contributed by atoms with Crippen LogP contribution in [0, 0.1) is 28.6 Å². The Morgan fingerprint density at radius 1 is 1.44 bits per heavy atom. The Morgan fingerprint density at radius 2 is 2.22 bits per heavy atom. The summed E-state index contributed by atoms with van der Waals surface area (Å²) in [5, 5.41) is 12.0.